The van der Waals surface area contributed by atoms with Crippen molar-refractivity contribution < 1.29 is 0 Å². The molecule has 4 heteroatoms. The molecule has 328 valence electrons. The monoisotopic (exact) mass is 860 g/mol. The van der Waals surface area contributed by atoms with Gasteiger partial charge in [-0.25, -0.2) is 0 Å². The number of benzene rings is 7. The lowest BCUT2D eigenvalue weighted by atomic mass is 9.33. The second-order valence-corrected chi connectivity index (χ2v) is 23.5. The van der Waals surface area contributed by atoms with Crippen molar-refractivity contribution in [3.8, 4) is 0 Å². The molecular weight excluding hydrogens is 798 g/mol. The van der Waals surface area contributed by atoms with E-state index in [4.69, 9.17) is 0 Å². The fraction of sp³-hybridized carbons (Fsp3) is 0.323. The van der Waals surface area contributed by atoms with Crippen molar-refractivity contribution in [2.75, 3.05) is 14.7 Å². The van der Waals surface area contributed by atoms with Crippen LogP contribution in [0.1, 0.15) is 127 Å². The molecular formula is C62H62BN3. The summed E-state index contributed by atoms with van der Waals surface area (Å²) in [4.78, 5) is 8.32. The number of anilines is 7. The molecule has 0 N–H and O–H groups in total. The number of fused-ring (bicyclic) bond motifs is 14. The van der Waals surface area contributed by atoms with Crippen LogP contribution in [0.5, 0.6) is 0 Å². The third kappa shape index (κ3) is 4.81. The lowest BCUT2D eigenvalue weighted by molar-refractivity contribution is 0.244. The predicted octanol–water partition coefficient (Wildman–Crippen LogP) is 13.4. The molecule has 4 heterocycles. The third-order valence-corrected chi connectivity index (χ3v) is 18.4. The first kappa shape index (κ1) is 40.3. The van der Waals surface area contributed by atoms with Gasteiger partial charge in [0.05, 0.1) is 11.1 Å². The van der Waals surface area contributed by atoms with Crippen LogP contribution < -0.4 is 31.1 Å². The Hall–Kier alpha value is -6.00. The van der Waals surface area contributed by atoms with Crippen molar-refractivity contribution in [3.63, 3.8) is 0 Å². The van der Waals surface area contributed by atoms with E-state index in [0.29, 0.717) is 0 Å². The molecule has 6 aliphatic rings. The molecule has 4 atom stereocenters. The van der Waals surface area contributed by atoms with Crippen molar-refractivity contribution in [1.29, 1.82) is 0 Å². The summed E-state index contributed by atoms with van der Waals surface area (Å²) in [6.07, 6.45) is 4.36. The van der Waals surface area contributed by atoms with Gasteiger partial charge in [-0.3, -0.25) is 0 Å². The van der Waals surface area contributed by atoms with Gasteiger partial charge in [-0.15, -0.1) is 0 Å². The van der Waals surface area contributed by atoms with Gasteiger partial charge in [0.15, 0.2) is 0 Å². The van der Waals surface area contributed by atoms with E-state index < -0.39 is 0 Å². The Morgan fingerprint density at radius 2 is 0.985 bits per heavy atom. The Morgan fingerprint density at radius 3 is 1.64 bits per heavy atom. The zero-order valence-electron chi connectivity index (χ0n) is 40.6. The summed E-state index contributed by atoms with van der Waals surface area (Å²) in [5, 5.41) is 0. The quantitative estimate of drug-likeness (QED) is 0.160. The highest BCUT2D eigenvalue weighted by atomic mass is 15.3. The molecule has 0 saturated heterocycles. The first-order valence-electron chi connectivity index (χ1n) is 24.7. The molecule has 3 nitrogen and oxygen atoms in total. The smallest absolute Gasteiger partial charge is 0.252 e. The van der Waals surface area contributed by atoms with Gasteiger partial charge in [0.25, 0.3) is 6.71 Å². The van der Waals surface area contributed by atoms with Gasteiger partial charge in [-0.05, 0) is 148 Å². The molecule has 0 fully saturated rings. The van der Waals surface area contributed by atoms with Crippen LogP contribution in [0.15, 0.2) is 146 Å². The summed E-state index contributed by atoms with van der Waals surface area (Å²) in [6.45, 7) is 24.4. The number of nitrogens with zero attached hydrogens (tertiary/aromatic N) is 3. The maximum Gasteiger partial charge on any atom is 0.252 e. The van der Waals surface area contributed by atoms with Gasteiger partial charge in [0.1, 0.15) is 0 Å². The summed E-state index contributed by atoms with van der Waals surface area (Å²) < 4.78 is 0. The molecule has 0 amide bonds. The van der Waals surface area contributed by atoms with Crippen LogP contribution in [-0.4, -0.2) is 6.71 Å². The van der Waals surface area contributed by atoms with Gasteiger partial charge >= 0.3 is 0 Å². The fourth-order valence-corrected chi connectivity index (χ4v) is 14.5. The number of hydrogen-bond donors (Lipinski definition) is 0. The molecule has 4 unspecified atom stereocenters. The van der Waals surface area contributed by atoms with Crippen LogP contribution in [0.3, 0.4) is 0 Å². The summed E-state index contributed by atoms with van der Waals surface area (Å²) in [5.41, 5.74) is 24.0. The van der Waals surface area contributed by atoms with Crippen molar-refractivity contribution in [3.05, 3.63) is 190 Å². The minimum absolute atomic E-state index is 0.0122. The Bertz CT molecular complexity index is 3220. The minimum Gasteiger partial charge on any atom is -0.331 e. The Labute approximate surface area is 393 Å². The van der Waals surface area contributed by atoms with E-state index in [1.165, 1.54) is 101 Å². The highest BCUT2D eigenvalue weighted by Crippen LogP contribution is 2.67. The number of hydrogen-bond acceptors (Lipinski definition) is 3. The van der Waals surface area contributed by atoms with Crippen LogP contribution in [0.2, 0.25) is 0 Å². The standard InChI is InChI=1S/C62H62BN3/c1-57(2,3)41-26-29-43(30-27-41)64-52-31-28-42(58(4,5)6)36-50(52)63-49-24-17-23-48-56(49)66(62(10)46-21-14-12-19-40(46)33-35-60(48,62)8)54-38-44(37-53(64)55(54)63)65-51-25-16-15-22-47(51)59(7)34-32-39-18-11-13-20-45(39)61(59,65)9/h11-31,36-38H,32-35H2,1-10H3. The normalized spacial score (nSPS) is 25.0. The second kappa shape index (κ2) is 12.9. The van der Waals surface area contributed by atoms with Gasteiger partial charge in [-0.1, -0.05) is 165 Å². The molecule has 7 aromatic carbocycles. The van der Waals surface area contributed by atoms with E-state index >= 15 is 0 Å². The maximum atomic E-state index is 2.88. The van der Waals surface area contributed by atoms with Crippen molar-refractivity contribution in [2.24, 2.45) is 0 Å². The van der Waals surface area contributed by atoms with Gasteiger partial charge in [0.2, 0.25) is 0 Å². The largest absolute Gasteiger partial charge is 0.331 e. The molecule has 7 aromatic rings. The lowest BCUT2D eigenvalue weighted by Gasteiger charge is -2.54. The predicted molar refractivity (Wildman–Crippen MR) is 279 cm³/mol. The van der Waals surface area contributed by atoms with E-state index in [9.17, 15) is 0 Å². The topological polar surface area (TPSA) is 9.72 Å². The molecule has 2 aliphatic carbocycles. The van der Waals surface area contributed by atoms with Gasteiger partial charge in [0, 0.05) is 50.6 Å². The van der Waals surface area contributed by atoms with E-state index in [1.54, 1.807) is 0 Å². The Kier molecular flexibility index (Phi) is 7.88. The second-order valence-electron chi connectivity index (χ2n) is 23.5. The highest BCUT2D eigenvalue weighted by Gasteiger charge is 2.64. The van der Waals surface area contributed by atoms with Crippen molar-refractivity contribution in [2.45, 2.75) is 128 Å². The zero-order valence-corrected chi connectivity index (χ0v) is 40.6. The molecule has 13 rings (SSSR count). The Morgan fingerprint density at radius 1 is 0.439 bits per heavy atom. The van der Waals surface area contributed by atoms with Crippen LogP contribution in [-0.2, 0) is 45.6 Å². The first-order chi connectivity index (χ1) is 31.5. The summed E-state index contributed by atoms with van der Waals surface area (Å²) in [6, 6.07) is 57.7. The minimum atomic E-state index is -0.335. The van der Waals surface area contributed by atoms with Crippen molar-refractivity contribution >= 4 is 62.9 Å². The molecule has 0 aromatic heterocycles. The molecule has 0 spiro atoms. The number of para-hydroxylation sites is 2. The van der Waals surface area contributed by atoms with Crippen molar-refractivity contribution in [1.82, 2.24) is 0 Å². The summed E-state index contributed by atoms with van der Waals surface area (Å²) in [5.74, 6) is 0. The van der Waals surface area contributed by atoms with Crippen LogP contribution in [0.4, 0.5) is 39.8 Å². The van der Waals surface area contributed by atoms with Gasteiger partial charge in [-0.2, -0.15) is 0 Å². The number of rotatable bonds is 2. The van der Waals surface area contributed by atoms with Crippen LogP contribution >= 0.6 is 0 Å². The third-order valence-electron chi connectivity index (χ3n) is 18.4. The van der Waals surface area contributed by atoms with E-state index in [2.05, 4.69) is 230 Å². The zero-order chi connectivity index (χ0) is 45.5. The summed E-state index contributed by atoms with van der Waals surface area (Å²) in [7, 11) is 0. The van der Waals surface area contributed by atoms with E-state index in [-0.39, 0.29) is 39.5 Å². The van der Waals surface area contributed by atoms with E-state index in [0.717, 1.165) is 25.7 Å². The van der Waals surface area contributed by atoms with Crippen LogP contribution in [0.25, 0.3) is 0 Å². The fourth-order valence-electron chi connectivity index (χ4n) is 14.5. The Balaban J connectivity index is 1.18. The molecule has 0 saturated carbocycles. The highest BCUT2D eigenvalue weighted by molar-refractivity contribution is 7.00. The number of aryl methyl sites for hydroxylation is 2. The summed E-state index contributed by atoms with van der Waals surface area (Å²) >= 11 is 0. The van der Waals surface area contributed by atoms with Crippen LogP contribution in [0, 0.1) is 0 Å². The molecule has 0 radical (unpaired) electrons. The maximum absolute atomic E-state index is 2.88. The average Bonchev–Trinajstić information content (AvgIpc) is 3.66. The van der Waals surface area contributed by atoms with E-state index in [1.807, 2.05) is 0 Å². The van der Waals surface area contributed by atoms with Gasteiger partial charge < -0.3 is 14.7 Å². The average molecular weight is 860 g/mol. The molecule has 4 aliphatic heterocycles. The molecule has 66 heavy (non-hydrogen) atoms. The lowest BCUT2D eigenvalue weighted by Crippen LogP contribution is -2.64. The first-order valence-corrected chi connectivity index (χ1v) is 24.7. The SMILES string of the molecule is CC(C)(C)c1ccc(N2c3ccc(C(C)(C)C)cc3B3c4cccc5c4N(c4cc(N6c7ccccc7C7(C)CCc8ccccc8C67C)cc2c43)C2(C)c3ccccc3CCC52C)cc1. The molecule has 0 bridgehead atoms.